The lowest BCUT2D eigenvalue weighted by Crippen LogP contribution is -2.45. The normalized spacial score (nSPS) is 15.0. The number of benzene rings is 4. The van der Waals surface area contributed by atoms with Crippen LogP contribution in [0.3, 0.4) is 0 Å². The van der Waals surface area contributed by atoms with E-state index in [1.165, 1.54) is 24.3 Å². The van der Waals surface area contributed by atoms with Crippen LogP contribution in [0.15, 0.2) is 72.8 Å². The highest BCUT2D eigenvalue weighted by Crippen LogP contribution is 2.38. The Kier molecular flexibility index (Phi) is 17.2. The van der Waals surface area contributed by atoms with Crippen molar-refractivity contribution in [3.63, 3.8) is 0 Å². The number of carbonyl (C=O) groups excluding carboxylic acids is 4. The molecule has 12 nitrogen and oxygen atoms in total. The van der Waals surface area contributed by atoms with Crippen LogP contribution in [0, 0.1) is 5.41 Å². The molecule has 0 bridgehead atoms. The quantitative estimate of drug-likeness (QED) is 0.0616. The number of phenols is 4. The van der Waals surface area contributed by atoms with Crippen LogP contribution in [0.5, 0.6) is 23.0 Å². The largest absolute Gasteiger partial charge is 0.508 e. The Hall–Kier alpha value is -6.04. The minimum Gasteiger partial charge on any atom is -0.508 e. The Morgan fingerprint density at radius 3 is 0.696 bits per heavy atom. The van der Waals surface area contributed by atoms with Crippen molar-refractivity contribution in [1.29, 1.82) is 0 Å². The van der Waals surface area contributed by atoms with E-state index >= 15 is 0 Å². The number of phenolic OH excluding ortho intramolecular Hbond substituents is 4. The molecule has 4 N–H and O–H groups in total. The van der Waals surface area contributed by atoms with Crippen LogP contribution in [0.25, 0.3) is 0 Å². The van der Waals surface area contributed by atoms with Crippen LogP contribution in [-0.2, 0) is 59.8 Å². The number of ether oxygens (including phenoxy) is 4. The fourth-order valence-electron chi connectivity index (χ4n) is 7.89. The summed E-state index contributed by atoms with van der Waals surface area (Å²) in [7, 11) is 0. The van der Waals surface area contributed by atoms with Gasteiger partial charge in [0.15, 0.2) is 0 Å². The Labute approximate surface area is 409 Å². The van der Waals surface area contributed by atoms with Crippen molar-refractivity contribution in [3.05, 3.63) is 117 Å². The summed E-state index contributed by atoms with van der Waals surface area (Å²) in [5, 5.41) is 42.6. The third-order valence-corrected chi connectivity index (χ3v) is 12.8. The summed E-state index contributed by atoms with van der Waals surface area (Å²) in [5.41, 5.74) is 1.38. The zero-order chi connectivity index (χ0) is 52.2. The van der Waals surface area contributed by atoms with Gasteiger partial charge in [-0.05, 0) is 118 Å². The smallest absolute Gasteiger partial charge is 0.313 e. The molecule has 0 fully saturated rings. The van der Waals surface area contributed by atoms with E-state index in [1.807, 2.05) is 83.1 Å². The molecule has 0 saturated carbocycles. The first-order valence-electron chi connectivity index (χ1n) is 23.7. The number of rotatable bonds is 16. The predicted octanol–water partition coefficient (Wildman–Crippen LogP) is 11.4. The number of aromatic hydroxyl groups is 4. The van der Waals surface area contributed by atoms with Gasteiger partial charge in [0.05, 0.1) is 23.7 Å². The number of esters is 4. The molecule has 0 amide bonds. The monoisotopic (exact) mass is 953 g/mol. The van der Waals surface area contributed by atoms with E-state index in [2.05, 4.69) is 0 Å². The van der Waals surface area contributed by atoms with E-state index in [1.54, 1.807) is 76.2 Å². The van der Waals surface area contributed by atoms with Crippen LogP contribution < -0.4 is 0 Å². The van der Waals surface area contributed by atoms with Crippen molar-refractivity contribution in [2.24, 2.45) is 5.41 Å². The van der Waals surface area contributed by atoms with Gasteiger partial charge in [0.1, 0.15) is 54.8 Å². The fraction of sp³-hybridized carbons (Fsp3) is 0.509. The topological polar surface area (TPSA) is 186 Å². The van der Waals surface area contributed by atoms with Crippen LogP contribution in [0.2, 0.25) is 0 Å². The summed E-state index contributed by atoms with van der Waals surface area (Å²) in [6, 6.07) is 19.7. The highest BCUT2D eigenvalue weighted by Gasteiger charge is 2.41. The first kappa shape index (κ1) is 55.6. The molecule has 69 heavy (non-hydrogen) atoms. The third-order valence-electron chi connectivity index (χ3n) is 12.8. The number of carbonyl (C=O) groups is 4. The van der Waals surface area contributed by atoms with Gasteiger partial charge in [0.25, 0.3) is 0 Å². The van der Waals surface area contributed by atoms with Crippen LogP contribution >= 0.6 is 0 Å². The first-order chi connectivity index (χ1) is 31.7. The third kappa shape index (κ3) is 14.0. The van der Waals surface area contributed by atoms with Gasteiger partial charge >= 0.3 is 23.9 Å². The number of hydrogen-bond acceptors (Lipinski definition) is 12. The molecule has 4 unspecified atom stereocenters. The predicted molar refractivity (Wildman–Crippen MR) is 267 cm³/mol. The molecule has 4 atom stereocenters. The number of hydrogen-bond donors (Lipinski definition) is 4. The molecular weight excluding hydrogens is 877 g/mol. The molecule has 0 heterocycles. The van der Waals surface area contributed by atoms with Crippen molar-refractivity contribution in [3.8, 4) is 23.0 Å². The average molecular weight is 953 g/mol. The van der Waals surface area contributed by atoms with Crippen molar-refractivity contribution in [2.75, 3.05) is 26.4 Å². The van der Waals surface area contributed by atoms with Gasteiger partial charge in [0.2, 0.25) is 0 Å². The minimum atomic E-state index is -1.66. The van der Waals surface area contributed by atoms with Crippen molar-refractivity contribution in [2.45, 2.75) is 156 Å². The lowest BCUT2D eigenvalue weighted by molar-refractivity contribution is -0.172. The van der Waals surface area contributed by atoms with Gasteiger partial charge in [-0.3, -0.25) is 19.2 Å². The molecule has 0 saturated heterocycles. The van der Waals surface area contributed by atoms with Crippen LogP contribution in [0.1, 0.15) is 179 Å². The first-order valence-corrected chi connectivity index (χ1v) is 23.7. The van der Waals surface area contributed by atoms with Gasteiger partial charge in [0, 0.05) is 0 Å². The summed E-state index contributed by atoms with van der Waals surface area (Å²) in [6.45, 7) is 27.8. The minimum absolute atomic E-state index is 0.0831. The molecule has 4 rings (SSSR count). The fourth-order valence-corrected chi connectivity index (χ4v) is 7.89. The summed E-state index contributed by atoms with van der Waals surface area (Å²) >= 11 is 0. The molecule has 0 spiro atoms. The van der Waals surface area contributed by atoms with E-state index in [-0.39, 0.29) is 23.0 Å². The standard InChI is InChI=1S/C57H76O12/c1-33(37-17-21-45(58)41(25-37)53(5,6)7)49(62)66-29-57(30-67-50(63)34(2)38-18-22-46(59)42(26-38)54(8,9)10,31-68-51(64)35(3)39-19-23-47(60)43(27-39)55(11,12)13)32-69-52(65)36(4)40-20-24-48(61)44(28-40)56(14,15)16/h17-28,33-36,58-61H,29-32H2,1-16H3. The maximum absolute atomic E-state index is 14.1. The van der Waals surface area contributed by atoms with Gasteiger partial charge in [-0.15, -0.1) is 0 Å². The Bertz CT molecular complexity index is 2140. The van der Waals surface area contributed by atoms with Crippen LogP contribution in [0.4, 0.5) is 0 Å². The Morgan fingerprint density at radius 1 is 0.362 bits per heavy atom. The average Bonchev–Trinajstić information content (AvgIpc) is 3.26. The van der Waals surface area contributed by atoms with Crippen LogP contribution in [-0.4, -0.2) is 70.7 Å². The van der Waals surface area contributed by atoms with E-state index in [4.69, 9.17) is 18.9 Å². The molecule has 4 aromatic rings. The molecule has 0 aliphatic carbocycles. The van der Waals surface area contributed by atoms with Crippen molar-refractivity contribution < 1.29 is 58.6 Å². The molecule has 0 aromatic heterocycles. The Morgan fingerprint density at radius 2 is 0.536 bits per heavy atom. The molecule has 4 aromatic carbocycles. The SMILES string of the molecule is CC(C(=O)OCC(COC(=O)C(C)c1ccc(O)c(C(C)(C)C)c1)(COC(=O)C(C)c1ccc(O)c(C(C)(C)C)c1)COC(=O)C(C)c1ccc(O)c(C(C)(C)C)c1)c1ccc(O)c(C(C)(C)C)c1. The van der Waals surface area contributed by atoms with Gasteiger partial charge in [-0.1, -0.05) is 132 Å². The lowest BCUT2D eigenvalue weighted by Gasteiger charge is -2.33. The second-order valence-corrected chi connectivity index (χ2v) is 22.9. The van der Waals surface area contributed by atoms with Crippen molar-refractivity contribution >= 4 is 23.9 Å². The molecule has 376 valence electrons. The zero-order valence-electron chi connectivity index (χ0n) is 43.6. The molecule has 0 aliphatic heterocycles. The summed E-state index contributed by atoms with van der Waals surface area (Å²) in [6.07, 6.45) is 0. The molecule has 12 heteroatoms. The maximum atomic E-state index is 14.1. The summed E-state index contributed by atoms with van der Waals surface area (Å²) in [4.78, 5) is 56.3. The second-order valence-electron chi connectivity index (χ2n) is 22.9. The molecule has 0 radical (unpaired) electrons. The van der Waals surface area contributed by atoms with Gasteiger partial charge < -0.3 is 39.4 Å². The lowest BCUT2D eigenvalue weighted by atomic mass is 9.84. The highest BCUT2D eigenvalue weighted by molar-refractivity contribution is 5.80. The van der Waals surface area contributed by atoms with E-state index < -0.39 is 101 Å². The zero-order valence-corrected chi connectivity index (χ0v) is 43.6. The molecular formula is C57H76O12. The Balaban J connectivity index is 1.77. The maximum Gasteiger partial charge on any atom is 0.313 e. The van der Waals surface area contributed by atoms with E-state index in [0.29, 0.717) is 44.5 Å². The molecule has 0 aliphatic rings. The summed E-state index contributed by atoms with van der Waals surface area (Å²) < 4.78 is 24.2. The van der Waals surface area contributed by atoms with Gasteiger partial charge in [-0.2, -0.15) is 0 Å². The van der Waals surface area contributed by atoms with E-state index in [0.717, 1.165) is 0 Å². The van der Waals surface area contributed by atoms with E-state index in [9.17, 15) is 39.6 Å². The van der Waals surface area contributed by atoms with Gasteiger partial charge in [-0.25, -0.2) is 0 Å². The summed E-state index contributed by atoms with van der Waals surface area (Å²) in [5.74, 6) is -5.77. The highest BCUT2D eigenvalue weighted by atomic mass is 16.6. The second kappa shape index (κ2) is 21.3. The van der Waals surface area contributed by atoms with Crippen molar-refractivity contribution in [1.82, 2.24) is 0 Å².